The maximum Gasteiger partial charge on any atom is 0.128 e. The summed E-state index contributed by atoms with van der Waals surface area (Å²) in [5.74, 6) is -0.330. The van der Waals surface area contributed by atoms with E-state index in [-0.39, 0.29) is 11.7 Å². The van der Waals surface area contributed by atoms with Crippen LogP contribution < -0.4 is 5.73 Å². The van der Waals surface area contributed by atoms with Gasteiger partial charge in [0.25, 0.3) is 0 Å². The van der Waals surface area contributed by atoms with E-state index in [2.05, 4.69) is 20.9 Å². The Morgan fingerprint density at radius 3 is 2.72 bits per heavy atom. The molecule has 0 bridgehead atoms. The Labute approximate surface area is 114 Å². The summed E-state index contributed by atoms with van der Waals surface area (Å²) in [6.07, 6.45) is 1.72. The van der Waals surface area contributed by atoms with Gasteiger partial charge in [0, 0.05) is 33.9 Å². The number of aromatic nitrogens is 1. The Morgan fingerprint density at radius 1 is 1.28 bits per heavy atom. The molecule has 0 amide bonds. The number of pyridine rings is 1. The highest BCUT2D eigenvalue weighted by Gasteiger charge is 2.20. The Balaban J connectivity index is 2.31. The first-order chi connectivity index (χ1) is 8.59. The van der Waals surface area contributed by atoms with Crippen LogP contribution in [0.3, 0.4) is 0 Å². The summed E-state index contributed by atoms with van der Waals surface area (Å²) in [4.78, 5) is 4.26. The second-order valence-corrected chi connectivity index (χ2v) is 5.15. The van der Waals surface area contributed by atoms with E-state index in [1.165, 1.54) is 6.07 Å². The molecule has 1 heterocycles. The zero-order chi connectivity index (χ0) is 13.1. The highest BCUT2D eigenvalue weighted by atomic mass is 79.9. The van der Waals surface area contributed by atoms with Crippen LogP contribution in [0, 0.1) is 5.82 Å². The predicted octanol–water partition coefficient (Wildman–Crippen LogP) is 3.79. The topological polar surface area (TPSA) is 38.9 Å². The lowest BCUT2D eigenvalue weighted by molar-refractivity contribution is 0.532. The average molecular weight is 309 g/mol. The molecule has 0 aliphatic carbocycles. The minimum atomic E-state index is -0.419. The maximum atomic E-state index is 13.8. The molecule has 18 heavy (non-hydrogen) atoms. The Bertz CT molecular complexity index is 531. The van der Waals surface area contributed by atoms with E-state index >= 15 is 0 Å². The fourth-order valence-corrected chi connectivity index (χ4v) is 2.25. The highest BCUT2D eigenvalue weighted by Crippen LogP contribution is 2.30. The van der Waals surface area contributed by atoms with Crippen molar-refractivity contribution in [3.05, 3.63) is 64.1 Å². The van der Waals surface area contributed by atoms with Gasteiger partial charge in [-0.1, -0.05) is 28.9 Å². The molecule has 0 fully saturated rings. The quantitative estimate of drug-likeness (QED) is 0.937. The summed E-state index contributed by atoms with van der Waals surface area (Å²) >= 11 is 3.33. The van der Waals surface area contributed by atoms with Gasteiger partial charge in [-0.05, 0) is 30.3 Å². The average Bonchev–Trinajstić information content (AvgIpc) is 2.41. The zero-order valence-corrected chi connectivity index (χ0v) is 11.6. The second kappa shape index (κ2) is 5.59. The van der Waals surface area contributed by atoms with Crippen molar-refractivity contribution in [2.45, 2.75) is 18.9 Å². The maximum absolute atomic E-state index is 13.8. The molecule has 0 aliphatic heterocycles. The molecule has 2 rings (SSSR count). The van der Waals surface area contributed by atoms with E-state index in [9.17, 15) is 4.39 Å². The van der Waals surface area contributed by atoms with Crippen molar-refractivity contribution in [1.29, 1.82) is 0 Å². The lowest BCUT2D eigenvalue weighted by atomic mass is 9.92. The minimum Gasteiger partial charge on any atom is -0.323 e. The molecule has 2 nitrogen and oxygen atoms in total. The van der Waals surface area contributed by atoms with Gasteiger partial charge >= 0.3 is 0 Å². The Morgan fingerprint density at radius 2 is 2.06 bits per heavy atom. The van der Waals surface area contributed by atoms with Gasteiger partial charge in [0.1, 0.15) is 5.82 Å². The van der Waals surface area contributed by atoms with E-state index < -0.39 is 6.04 Å². The third-order valence-corrected chi connectivity index (χ3v) is 3.50. The van der Waals surface area contributed by atoms with Crippen LogP contribution >= 0.6 is 15.9 Å². The van der Waals surface area contributed by atoms with Gasteiger partial charge in [-0.25, -0.2) is 4.39 Å². The summed E-state index contributed by atoms with van der Waals surface area (Å²) in [6, 6.07) is 10.0. The molecule has 2 unspecified atom stereocenters. The Kier molecular flexibility index (Phi) is 4.09. The van der Waals surface area contributed by atoms with Crippen molar-refractivity contribution < 1.29 is 4.39 Å². The van der Waals surface area contributed by atoms with Crippen molar-refractivity contribution in [2.24, 2.45) is 5.73 Å². The molecule has 1 aromatic heterocycles. The Hall–Kier alpha value is -1.26. The van der Waals surface area contributed by atoms with Crippen LogP contribution in [0.4, 0.5) is 4.39 Å². The molecule has 1 aromatic carbocycles. The number of hydrogen-bond donors (Lipinski definition) is 1. The first-order valence-corrected chi connectivity index (χ1v) is 6.50. The van der Waals surface area contributed by atoms with E-state index in [1.807, 2.05) is 25.1 Å². The van der Waals surface area contributed by atoms with E-state index in [0.29, 0.717) is 5.56 Å². The van der Waals surface area contributed by atoms with Gasteiger partial charge < -0.3 is 5.73 Å². The molecule has 0 aliphatic rings. The first-order valence-electron chi connectivity index (χ1n) is 5.71. The normalized spacial score (nSPS) is 14.2. The van der Waals surface area contributed by atoms with Crippen LogP contribution in [0.5, 0.6) is 0 Å². The van der Waals surface area contributed by atoms with Crippen molar-refractivity contribution in [3.63, 3.8) is 0 Å². The molecule has 0 radical (unpaired) electrons. The van der Waals surface area contributed by atoms with E-state index in [1.54, 1.807) is 18.3 Å². The molecule has 4 heteroatoms. The van der Waals surface area contributed by atoms with Gasteiger partial charge in [0.2, 0.25) is 0 Å². The fourth-order valence-electron chi connectivity index (χ4n) is 1.87. The first kappa shape index (κ1) is 13.2. The summed E-state index contributed by atoms with van der Waals surface area (Å²) in [7, 11) is 0. The molecule has 94 valence electrons. The summed E-state index contributed by atoms with van der Waals surface area (Å²) in [5, 5.41) is 0. The van der Waals surface area contributed by atoms with Gasteiger partial charge in [0.15, 0.2) is 0 Å². The van der Waals surface area contributed by atoms with Crippen LogP contribution in [0.15, 0.2) is 47.1 Å². The van der Waals surface area contributed by atoms with Crippen molar-refractivity contribution in [3.8, 4) is 0 Å². The van der Waals surface area contributed by atoms with Crippen LogP contribution in [-0.2, 0) is 0 Å². The predicted molar refractivity (Wildman–Crippen MR) is 73.7 cm³/mol. The molecule has 2 aromatic rings. The number of benzene rings is 1. The molecule has 2 atom stereocenters. The number of rotatable bonds is 3. The lowest BCUT2D eigenvalue weighted by Gasteiger charge is -2.20. The molecular weight excluding hydrogens is 295 g/mol. The lowest BCUT2D eigenvalue weighted by Crippen LogP contribution is -2.19. The van der Waals surface area contributed by atoms with E-state index in [4.69, 9.17) is 5.73 Å². The number of nitrogens with zero attached hydrogens (tertiary/aromatic N) is 1. The largest absolute Gasteiger partial charge is 0.323 e. The summed E-state index contributed by atoms with van der Waals surface area (Å²) < 4.78 is 14.6. The molecule has 0 saturated carbocycles. The smallest absolute Gasteiger partial charge is 0.128 e. The monoisotopic (exact) mass is 308 g/mol. The van der Waals surface area contributed by atoms with Crippen LogP contribution in [0.1, 0.15) is 30.1 Å². The minimum absolute atomic E-state index is 0.0463. The summed E-state index contributed by atoms with van der Waals surface area (Å²) in [5.41, 5.74) is 7.51. The number of hydrogen-bond acceptors (Lipinski definition) is 2. The molecule has 0 saturated heterocycles. The van der Waals surface area contributed by atoms with Crippen LogP contribution in [-0.4, -0.2) is 4.98 Å². The van der Waals surface area contributed by atoms with Crippen LogP contribution in [0.2, 0.25) is 0 Å². The molecular formula is C14H14BrFN2. The van der Waals surface area contributed by atoms with Crippen LogP contribution in [0.25, 0.3) is 0 Å². The second-order valence-electron chi connectivity index (χ2n) is 4.23. The van der Waals surface area contributed by atoms with Gasteiger partial charge in [-0.2, -0.15) is 0 Å². The number of halogens is 2. The zero-order valence-electron chi connectivity index (χ0n) is 9.98. The third kappa shape index (κ3) is 2.76. The summed E-state index contributed by atoms with van der Waals surface area (Å²) in [6.45, 7) is 1.95. The third-order valence-electron chi connectivity index (χ3n) is 3.01. The highest BCUT2D eigenvalue weighted by molar-refractivity contribution is 9.10. The van der Waals surface area contributed by atoms with E-state index in [0.717, 1.165) is 10.2 Å². The van der Waals surface area contributed by atoms with Crippen molar-refractivity contribution in [2.75, 3.05) is 0 Å². The SMILES string of the molecule is CC(c1ccccn1)C(N)c1cc(Br)ccc1F. The number of nitrogens with two attached hydrogens (primary N) is 1. The molecule has 0 spiro atoms. The molecule has 2 N–H and O–H groups in total. The van der Waals surface area contributed by atoms with Crippen molar-refractivity contribution >= 4 is 15.9 Å². The van der Waals surface area contributed by atoms with Gasteiger partial charge in [-0.3, -0.25) is 4.98 Å². The fraction of sp³-hybridized carbons (Fsp3) is 0.214. The standard InChI is InChI=1S/C14H14BrFN2/c1-9(13-4-2-3-7-18-13)14(17)11-8-10(15)5-6-12(11)16/h2-9,14H,17H2,1H3. The van der Waals surface area contributed by atoms with Gasteiger partial charge in [0.05, 0.1) is 0 Å². The van der Waals surface area contributed by atoms with Gasteiger partial charge in [-0.15, -0.1) is 0 Å². The van der Waals surface area contributed by atoms with Crippen molar-refractivity contribution in [1.82, 2.24) is 4.98 Å².